The molecule has 3 aromatic carbocycles. The maximum absolute atomic E-state index is 13.1. The number of rotatable bonds is 10. The molecule has 1 heterocycles. The lowest BCUT2D eigenvalue weighted by molar-refractivity contribution is -0.122. The Labute approximate surface area is 222 Å². The van der Waals surface area contributed by atoms with E-state index in [2.05, 4.69) is 19.9 Å². The van der Waals surface area contributed by atoms with Crippen LogP contribution in [0.25, 0.3) is 6.08 Å². The summed E-state index contributed by atoms with van der Waals surface area (Å²) in [5, 5.41) is 0. The quantitative estimate of drug-likeness (QED) is 0.172. The van der Waals surface area contributed by atoms with Gasteiger partial charge in [-0.15, -0.1) is 0 Å². The smallest absolute Gasteiger partial charge is 0.266 e. The van der Waals surface area contributed by atoms with Crippen molar-refractivity contribution >= 4 is 40.3 Å². The summed E-state index contributed by atoms with van der Waals surface area (Å²) < 4.78 is 18.1. The number of thiocarbonyl (C=S) groups is 1. The third-order valence-corrected chi connectivity index (χ3v) is 6.95. The molecule has 0 spiro atoms. The second kappa shape index (κ2) is 12.1. The molecule has 4 rings (SSSR count). The second-order valence-corrected chi connectivity index (χ2v) is 10.2. The molecule has 1 aliphatic heterocycles. The number of amides is 1. The predicted octanol–water partition coefficient (Wildman–Crippen LogP) is 6.56. The summed E-state index contributed by atoms with van der Waals surface area (Å²) >= 11 is 6.81. The van der Waals surface area contributed by atoms with Gasteiger partial charge in [-0.1, -0.05) is 72.5 Å². The van der Waals surface area contributed by atoms with Gasteiger partial charge in [0, 0.05) is 12.0 Å². The molecule has 3 aromatic rings. The van der Waals surface area contributed by atoms with Gasteiger partial charge in [0.05, 0.1) is 31.8 Å². The van der Waals surface area contributed by atoms with E-state index in [1.165, 1.54) is 22.9 Å². The normalized spacial score (nSPS) is 14.4. The lowest BCUT2D eigenvalue weighted by atomic mass is 10.1. The van der Waals surface area contributed by atoms with Crippen molar-refractivity contribution in [3.05, 3.63) is 93.9 Å². The van der Waals surface area contributed by atoms with Crippen LogP contribution in [0.5, 0.6) is 17.2 Å². The highest BCUT2D eigenvalue weighted by Gasteiger charge is 2.32. The van der Waals surface area contributed by atoms with Crippen LogP contribution in [0.2, 0.25) is 0 Å². The minimum Gasteiger partial charge on any atom is -0.493 e. The molecule has 0 aromatic heterocycles. The molecule has 0 atom stereocenters. The fraction of sp³-hybridized carbons (Fsp3) is 0.241. The molecule has 0 N–H and O–H groups in total. The van der Waals surface area contributed by atoms with E-state index in [9.17, 15) is 4.79 Å². The van der Waals surface area contributed by atoms with Crippen molar-refractivity contribution in [2.24, 2.45) is 0 Å². The van der Waals surface area contributed by atoms with Crippen LogP contribution in [-0.2, 0) is 11.3 Å². The average Bonchev–Trinajstić information content (AvgIpc) is 3.11. The van der Waals surface area contributed by atoms with E-state index in [1.54, 1.807) is 12.0 Å². The first-order valence-electron chi connectivity index (χ1n) is 11.7. The lowest BCUT2D eigenvalue weighted by Gasteiger charge is -2.15. The maximum Gasteiger partial charge on any atom is 0.266 e. The standard InChI is InChI=1S/C29H29NO4S2/c1-20-15-21(2)17-24(16-20)33-13-8-14-34-27-23(11-7-12-25(27)32-3)18-26-28(31)30(29(35)36-26)19-22-9-5-4-6-10-22/h4-7,9-12,15-18H,8,13-14,19H2,1-3H3. The van der Waals surface area contributed by atoms with Crippen molar-refractivity contribution in [1.29, 1.82) is 0 Å². The summed E-state index contributed by atoms with van der Waals surface area (Å²) in [6, 6.07) is 21.6. The molecule has 0 aliphatic carbocycles. The molecule has 186 valence electrons. The van der Waals surface area contributed by atoms with Crippen LogP contribution in [0.4, 0.5) is 0 Å². The summed E-state index contributed by atoms with van der Waals surface area (Å²) in [4.78, 5) is 15.3. The molecule has 1 saturated heterocycles. The molecule has 5 nitrogen and oxygen atoms in total. The monoisotopic (exact) mass is 519 g/mol. The van der Waals surface area contributed by atoms with Crippen LogP contribution >= 0.6 is 24.0 Å². The van der Waals surface area contributed by atoms with Gasteiger partial charge in [-0.05, 0) is 54.8 Å². The average molecular weight is 520 g/mol. The van der Waals surface area contributed by atoms with Crippen LogP contribution in [0.1, 0.15) is 28.7 Å². The first-order valence-corrected chi connectivity index (χ1v) is 13.0. The number of aryl methyl sites for hydroxylation is 2. The number of carbonyl (C=O) groups excluding carboxylic acids is 1. The molecule has 0 bridgehead atoms. The van der Waals surface area contributed by atoms with Gasteiger partial charge < -0.3 is 14.2 Å². The molecule has 1 fully saturated rings. The number of para-hydroxylation sites is 1. The molecular weight excluding hydrogens is 490 g/mol. The SMILES string of the molecule is COc1cccc(C=C2SC(=S)N(Cc3ccccc3)C2=O)c1OCCCOc1cc(C)cc(C)c1. The molecule has 7 heteroatoms. The molecule has 0 unspecified atom stereocenters. The zero-order valence-electron chi connectivity index (χ0n) is 20.7. The molecule has 0 saturated carbocycles. The molecular formula is C29H29NO4S2. The molecule has 1 amide bonds. The highest BCUT2D eigenvalue weighted by atomic mass is 32.2. The van der Waals surface area contributed by atoms with Crippen molar-refractivity contribution in [3.8, 4) is 17.2 Å². The Balaban J connectivity index is 1.42. The zero-order valence-corrected chi connectivity index (χ0v) is 22.3. The summed E-state index contributed by atoms with van der Waals surface area (Å²) in [6.45, 7) is 5.54. The van der Waals surface area contributed by atoms with Gasteiger partial charge in [0.25, 0.3) is 5.91 Å². The zero-order chi connectivity index (χ0) is 25.5. The van der Waals surface area contributed by atoms with E-state index in [4.69, 9.17) is 26.4 Å². The van der Waals surface area contributed by atoms with Gasteiger partial charge in [0.15, 0.2) is 11.5 Å². The molecule has 1 aliphatic rings. The number of hydrogen-bond donors (Lipinski definition) is 0. The Morgan fingerprint density at radius 2 is 1.67 bits per heavy atom. The van der Waals surface area contributed by atoms with Crippen LogP contribution in [0, 0.1) is 13.8 Å². The van der Waals surface area contributed by atoms with E-state index in [0.717, 1.165) is 16.9 Å². The van der Waals surface area contributed by atoms with Gasteiger partial charge in [-0.3, -0.25) is 9.69 Å². The summed E-state index contributed by atoms with van der Waals surface area (Å²) in [5.74, 6) is 1.96. The molecule has 0 radical (unpaired) electrons. The van der Waals surface area contributed by atoms with Crippen molar-refractivity contribution in [2.45, 2.75) is 26.8 Å². The van der Waals surface area contributed by atoms with Crippen molar-refractivity contribution in [1.82, 2.24) is 4.90 Å². The Morgan fingerprint density at radius 3 is 2.39 bits per heavy atom. The highest BCUT2D eigenvalue weighted by molar-refractivity contribution is 8.26. The van der Waals surface area contributed by atoms with Crippen molar-refractivity contribution in [3.63, 3.8) is 0 Å². The third-order valence-electron chi connectivity index (χ3n) is 5.57. The van der Waals surface area contributed by atoms with E-state index in [0.29, 0.717) is 46.9 Å². The first-order chi connectivity index (χ1) is 17.4. The maximum atomic E-state index is 13.1. The van der Waals surface area contributed by atoms with Crippen LogP contribution in [-0.4, -0.2) is 35.5 Å². The van der Waals surface area contributed by atoms with Crippen molar-refractivity contribution < 1.29 is 19.0 Å². The van der Waals surface area contributed by atoms with Gasteiger partial charge in [0.2, 0.25) is 0 Å². The fourth-order valence-corrected chi connectivity index (χ4v) is 5.19. The van der Waals surface area contributed by atoms with Crippen LogP contribution in [0.15, 0.2) is 71.6 Å². The summed E-state index contributed by atoms with van der Waals surface area (Å²) in [7, 11) is 1.61. The molecule has 36 heavy (non-hydrogen) atoms. The van der Waals surface area contributed by atoms with E-state index >= 15 is 0 Å². The fourth-order valence-electron chi connectivity index (χ4n) is 3.94. The van der Waals surface area contributed by atoms with Crippen LogP contribution in [0.3, 0.4) is 0 Å². The lowest BCUT2D eigenvalue weighted by Crippen LogP contribution is -2.27. The minimum absolute atomic E-state index is 0.107. The minimum atomic E-state index is -0.107. The van der Waals surface area contributed by atoms with Gasteiger partial charge >= 0.3 is 0 Å². The topological polar surface area (TPSA) is 48.0 Å². The Morgan fingerprint density at radius 1 is 0.944 bits per heavy atom. The van der Waals surface area contributed by atoms with Crippen molar-refractivity contribution in [2.75, 3.05) is 20.3 Å². The van der Waals surface area contributed by atoms with Crippen LogP contribution < -0.4 is 14.2 Å². The Kier molecular flexibility index (Phi) is 8.67. The van der Waals surface area contributed by atoms with E-state index in [-0.39, 0.29) is 5.91 Å². The summed E-state index contributed by atoms with van der Waals surface area (Å²) in [5.41, 5.74) is 4.15. The Bertz CT molecular complexity index is 1250. The largest absolute Gasteiger partial charge is 0.493 e. The third kappa shape index (κ3) is 6.47. The second-order valence-electron chi connectivity index (χ2n) is 8.51. The predicted molar refractivity (Wildman–Crippen MR) is 150 cm³/mol. The Hall–Kier alpha value is -3.29. The number of methoxy groups -OCH3 is 1. The first kappa shape index (κ1) is 25.8. The number of hydrogen-bond acceptors (Lipinski definition) is 6. The number of carbonyl (C=O) groups is 1. The number of nitrogens with zero attached hydrogens (tertiary/aromatic N) is 1. The number of thioether (sulfide) groups is 1. The highest BCUT2D eigenvalue weighted by Crippen LogP contribution is 2.38. The number of ether oxygens (including phenoxy) is 3. The van der Waals surface area contributed by atoms with Gasteiger partial charge in [0.1, 0.15) is 10.1 Å². The van der Waals surface area contributed by atoms with E-state index < -0.39 is 0 Å². The summed E-state index contributed by atoms with van der Waals surface area (Å²) in [6.07, 6.45) is 2.53. The van der Waals surface area contributed by atoms with Gasteiger partial charge in [-0.2, -0.15) is 0 Å². The number of benzene rings is 3. The van der Waals surface area contributed by atoms with E-state index in [1.807, 2.05) is 66.7 Å². The van der Waals surface area contributed by atoms with Gasteiger partial charge in [-0.25, -0.2) is 0 Å².